The van der Waals surface area contributed by atoms with E-state index in [1.807, 2.05) is 42.5 Å². The molecule has 1 heterocycles. The fourth-order valence-electron chi connectivity index (χ4n) is 5.36. The zero-order chi connectivity index (χ0) is 24.9. The molecule has 1 fully saturated rings. The number of aliphatic carboxylic acids is 1. The van der Waals surface area contributed by atoms with E-state index in [1.54, 1.807) is 0 Å². The zero-order valence-electron chi connectivity index (χ0n) is 20.2. The number of fused-ring (bicyclic) bond motifs is 3. The number of benzene rings is 3. The van der Waals surface area contributed by atoms with Crippen molar-refractivity contribution >= 4 is 12.1 Å². The molecular weight excluding hydrogens is 454 g/mol. The maximum absolute atomic E-state index is 13.0. The Balaban J connectivity index is 1.15. The number of ether oxygens (including phenoxy) is 2. The number of carboxylic acids is 1. The summed E-state index contributed by atoms with van der Waals surface area (Å²) < 4.78 is 11.7. The molecule has 1 aliphatic carbocycles. The first-order chi connectivity index (χ1) is 17.6. The lowest BCUT2D eigenvalue weighted by atomic mass is 9.98. The van der Waals surface area contributed by atoms with E-state index < -0.39 is 18.1 Å². The number of carboxylic acid groups (broad SMARTS) is 1. The molecule has 6 nitrogen and oxygen atoms in total. The van der Waals surface area contributed by atoms with Gasteiger partial charge in [-0.05, 0) is 47.1 Å². The molecule has 0 radical (unpaired) electrons. The van der Waals surface area contributed by atoms with Crippen LogP contribution in [0.5, 0.6) is 0 Å². The third-order valence-corrected chi connectivity index (χ3v) is 7.17. The molecule has 0 saturated carbocycles. The third kappa shape index (κ3) is 5.14. The van der Waals surface area contributed by atoms with Crippen molar-refractivity contribution in [1.82, 2.24) is 4.90 Å². The second-order valence-electron chi connectivity index (χ2n) is 9.48. The molecule has 0 aromatic heterocycles. The van der Waals surface area contributed by atoms with Crippen LogP contribution >= 0.6 is 0 Å². The first kappa shape index (κ1) is 24.1. The van der Waals surface area contributed by atoms with Crippen molar-refractivity contribution in [2.75, 3.05) is 19.8 Å². The van der Waals surface area contributed by atoms with Gasteiger partial charge in [-0.2, -0.15) is 0 Å². The minimum Gasteiger partial charge on any atom is -0.480 e. The average molecular weight is 486 g/mol. The van der Waals surface area contributed by atoms with Crippen LogP contribution in [0.1, 0.15) is 41.9 Å². The van der Waals surface area contributed by atoms with E-state index in [1.165, 1.54) is 10.5 Å². The number of carbonyl (C=O) groups excluding carboxylic acids is 1. The molecule has 0 bridgehead atoms. The van der Waals surface area contributed by atoms with Gasteiger partial charge in [0.2, 0.25) is 0 Å². The normalized spacial score (nSPS) is 18.6. The summed E-state index contributed by atoms with van der Waals surface area (Å²) in [4.78, 5) is 26.2. The maximum Gasteiger partial charge on any atom is 0.410 e. The van der Waals surface area contributed by atoms with Crippen LogP contribution in [0.4, 0.5) is 4.79 Å². The molecule has 3 aromatic carbocycles. The van der Waals surface area contributed by atoms with Gasteiger partial charge in [0, 0.05) is 18.9 Å². The minimum absolute atomic E-state index is 0.0658. The fraction of sp³-hybridized carbons (Fsp3) is 0.333. The molecule has 0 spiro atoms. The highest BCUT2D eigenvalue weighted by molar-refractivity contribution is 5.81. The maximum atomic E-state index is 13.0. The summed E-state index contributed by atoms with van der Waals surface area (Å²) in [7, 11) is 0. The van der Waals surface area contributed by atoms with Gasteiger partial charge >= 0.3 is 12.1 Å². The SMILES string of the molecule is O=C(O)[C@@H]1C[C@H](OCCCCc2ccccc2)CN1C(=O)OCC1c2ccccc2-c2ccccc21. The molecule has 3 aromatic rings. The Hall–Kier alpha value is -3.64. The topological polar surface area (TPSA) is 76.1 Å². The molecule has 0 unspecified atom stereocenters. The van der Waals surface area contributed by atoms with E-state index in [0.717, 1.165) is 41.5 Å². The Kier molecular flexibility index (Phi) is 7.33. The Morgan fingerprint density at radius 1 is 0.861 bits per heavy atom. The first-order valence-corrected chi connectivity index (χ1v) is 12.6. The van der Waals surface area contributed by atoms with Crippen LogP contribution in [0, 0.1) is 0 Å². The Morgan fingerprint density at radius 2 is 1.50 bits per heavy atom. The van der Waals surface area contributed by atoms with Gasteiger partial charge in [0.15, 0.2) is 0 Å². The van der Waals surface area contributed by atoms with E-state index in [9.17, 15) is 14.7 Å². The van der Waals surface area contributed by atoms with Crippen molar-refractivity contribution in [3.8, 4) is 11.1 Å². The van der Waals surface area contributed by atoms with Crippen molar-refractivity contribution < 1.29 is 24.2 Å². The summed E-state index contributed by atoms with van der Waals surface area (Å²) in [6.45, 7) is 0.940. The highest BCUT2D eigenvalue weighted by Crippen LogP contribution is 2.44. The minimum atomic E-state index is -1.03. The molecule has 6 heteroatoms. The fourth-order valence-corrected chi connectivity index (χ4v) is 5.36. The van der Waals surface area contributed by atoms with Gasteiger partial charge in [-0.25, -0.2) is 9.59 Å². The number of hydrogen-bond acceptors (Lipinski definition) is 4. The zero-order valence-corrected chi connectivity index (χ0v) is 20.2. The number of unbranched alkanes of at least 4 members (excludes halogenated alkanes) is 1. The average Bonchev–Trinajstić information content (AvgIpc) is 3.48. The van der Waals surface area contributed by atoms with Crippen LogP contribution in [0.15, 0.2) is 78.9 Å². The molecule has 1 saturated heterocycles. The second kappa shape index (κ2) is 11.0. The number of amides is 1. The summed E-state index contributed by atoms with van der Waals surface area (Å²) in [5, 5.41) is 9.72. The van der Waals surface area contributed by atoms with Crippen LogP contribution in [0.25, 0.3) is 11.1 Å². The van der Waals surface area contributed by atoms with Crippen molar-refractivity contribution in [2.45, 2.75) is 43.7 Å². The van der Waals surface area contributed by atoms with Crippen molar-refractivity contribution in [3.05, 3.63) is 95.6 Å². The first-order valence-electron chi connectivity index (χ1n) is 12.6. The lowest BCUT2D eigenvalue weighted by molar-refractivity contribution is -0.141. The second-order valence-corrected chi connectivity index (χ2v) is 9.48. The molecule has 186 valence electrons. The van der Waals surface area contributed by atoms with Crippen LogP contribution in [0.3, 0.4) is 0 Å². The number of aryl methyl sites for hydroxylation is 1. The molecular formula is C30H31NO5. The van der Waals surface area contributed by atoms with Gasteiger partial charge in [0.25, 0.3) is 0 Å². The monoisotopic (exact) mass is 485 g/mol. The summed E-state index contributed by atoms with van der Waals surface area (Å²) in [6, 6.07) is 25.6. The van der Waals surface area contributed by atoms with Crippen LogP contribution in [0.2, 0.25) is 0 Å². The lowest BCUT2D eigenvalue weighted by Crippen LogP contribution is -2.41. The third-order valence-electron chi connectivity index (χ3n) is 7.17. The standard InChI is InChI=1S/C30H31NO5/c32-29(33)28-18-22(35-17-9-8-12-21-10-2-1-3-11-21)19-31(28)30(34)36-20-27-25-15-6-4-13-23(25)24-14-5-7-16-26(24)27/h1-7,10-11,13-16,22,27-28H,8-9,12,17-20H2,(H,32,33)/t22-,28-/m0/s1. The summed E-state index contributed by atoms with van der Waals surface area (Å²) in [6.07, 6.45) is 2.24. The molecule has 2 aliphatic rings. The predicted octanol–water partition coefficient (Wildman–Crippen LogP) is 5.50. The van der Waals surface area contributed by atoms with Gasteiger partial charge in [-0.15, -0.1) is 0 Å². The smallest absolute Gasteiger partial charge is 0.410 e. The van der Waals surface area contributed by atoms with E-state index in [4.69, 9.17) is 9.47 Å². The van der Waals surface area contributed by atoms with Crippen molar-refractivity contribution in [3.63, 3.8) is 0 Å². The largest absolute Gasteiger partial charge is 0.480 e. The van der Waals surface area contributed by atoms with Crippen molar-refractivity contribution in [2.24, 2.45) is 0 Å². The van der Waals surface area contributed by atoms with Gasteiger partial charge in [0.1, 0.15) is 12.6 Å². The highest BCUT2D eigenvalue weighted by Gasteiger charge is 2.41. The van der Waals surface area contributed by atoms with Crippen LogP contribution < -0.4 is 0 Å². The van der Waals surface area contributed by atoms with Gasteiger partial charge in [0.05, 0.1) is 12.6 Å². The van der Waals surface area contributed by atoms with E-state index >= 15 is 0 Å². The molecule has 5 rings (SSSR count). The quantitative estimate of drug-likeness (QED) is 0.405. The number of nitrogens with zero attached hydrogens (tertiary/aromatic N) is 1. The molecule has 1 aliphatic heterocycles. The van der Waals surface area contributed by atoms with Crippen molar-refractivity contribution in [1.29, 1.82) is 0 Å². The predicted molar refractivity (Wildman–Crippen MR) is 137 cm³/mol. The summed E-state index contributed by atoms with van der Waals surface area (Å²) in [5.41, 5.74) is 5.85. The molecule has 2 atom stereocenters. The summed E-state index contributed by atoms with van der Waals surface area (Å²) in [5.74, 6) is -1.09. The van der Waals surface area contributed by atoms with E-state index in [-0.39, 0.29) is 31.6 Å². The highest BCUT2D eigenvalue weighted by atomic mass is 16.6. The molecule has 1 N–H and O–H groups in total. The van der Waals surface area contributed by atoms with Gasteiger partial charge < -0.3 is 14.6 Å². The summed E-state index contributed by atoms with van der Waals surface area (Å²) >= 11 is 0. The number of hydrogen-bond donors (Lipinski definition) is 1. The number of likely N-dealkylation sites (tertiary alicyclic amines) is 1. The van der Waals surface area contributed by atoms with E-state index in [0.29, 0.717) is 6.61 Å². The molecule has 36 heavy (non-hydrogen) atoms. The molecule has 1 amide bonds. The number of rotatable bonds is 9. The Bertz CT molecular complexity index is 1170. The number of carbonyl (C=O) groups is 2. The van der Waals surface area contributed by atoms with Crippen LogP contribution in [-0.4, -0.2) is 54.0 Å². The lowest BCUT2D eigenvalue weighted by Gasteiger charge is -2.22. The Morgan fingerprint density at radius 3 is 2.17 bits per heavy atom. The van der Waals surface area contributed by atoms with E-state index in [2.05, 4.69) is 36.4 Å². The van der Waals surface area contributed by atoms with Gasteiger partial charge in [-0.1, -0.05) is 78.9 Å². The Labute approximate surface area is 211 Å². The van der Waals surface area contributed by atoms with Crippen LogP contribution in [-0.2, 0) is 20.7 Å². The van der Waals surface area contributed by atoms with Gasteiger partial charge in [-0.3, -0.25) is 4.90 Å².